The van der Waals surface area contributed by atoms with Crippen molar-refractivity contribution in [2.24, 2.45) is 0 Å². The molecule has 2 aromatic carbocycles. The Balaban J connectivity index is 1.86. The molecule has 1 atom stereocenters. The molecule has 110 valence electrons. The normalized spacial score (nSPS) is 16.2. The first-order valence-electron chi connectivity index (χ1n) is 7.13. The quantitative estimate of drug-likeness (QED) is 0.900. The lowest BCUT2D eigenvalue weighted by Crippen LogP contribution is -2.13. The molecule has 21 heavy (non-hydrogen) atoms. The average molecular weight is 285 g/mol. The number of phenolic OH excluding ortho intramolecular Hbond substituents is 1. The van der Waals surface area contributed by atoms with Crippen LogP contribution >= 0.6 is 0 Å². The first-order valence-corrected chi connectivity index (χ1v) is 7.13. The molecule has 0 amide bonds. The molecule has 0 bridgehead atoms. The van der Waals surface area contributed by atoms with Gasteiger partial charge in [0, 0.05) is 11.6 Å². The second-order valence-electron chi connectivity index (χ2n) is 5.16. The number of benzene rings is 2. The fraction of sp³-hybridized carbons (Fsp3) is 0.294. The van der Waals surface area contributed by atoms with Crippen molar-refractivity contribution in [3.8, 4) is 17.2 Å². The Labute approximate surface area is 124 Å². The van der Waals surface area contributed by atoms with Crippen LogP contribution in [0.4, 0.5) is 5.69 Å². The second-order valence-corrected chi connectivity index (χ2v) is 5.16. The van der Waals surface area contributed by atoms with Gasteiger partial charge in [-0.3, -0.25) is 0 Å². The van der Waals surface area contributed by atoms with Gasteiger partial charge in [0.15, 0.2) is 0 Å². The summed E-state index contributed by atoms with van der Waals surface area (Å²) in [6.45, 7) is 5.19. The molecule has 0 saturated carbocycles. The molecule has 3 rings (SSSR count). The van der Waals surface area contributed by atoms with Crippen molar-refractivity contribution in [1.29, 1.82) is 0 Å². The van der Waals surface area contributed by atoms with Crippen LogP contribution in [0.15, 0.2) is 36.4 Å². The monoisotopic (exact) mass is 285 g/mol. The Morgan fingerprint density at radius 1 is 1.29 bits per heavy atom. The van der Waals surface area contributed by atoms with E-state index in [4.69, 9.17) is 9.47 Å². The van der Waals surface area contributed by atoms with E-state index in [1.807, 2.05) is 32.0 Å². The number of anilines is 1. The van der Waals surface area contributed by atoms with Gasteiger partial charge in [0.2, 0.25) is 0 Å². The molecule has 0 saturated heterocycles. The van der Waals surface area contributed by atoms with Crippen LogP contribution in [0.3, 0.4) is 0 Å². The number of nitrogens with one attached hydrogen (secondary N) is 1. The van der Waals surface area contributed by atoms with Crippen LogP contribution in [0.2, 0.25) is 0 Å². The first kappa shape index (κ1) is 13.6. The standard InChI is InChI=1S/C17H19NO3/c1-3-20-17-8-11(2)4-7-14(17)18-15-10-21-16-9-12(19)5-6-13(15)16/h4-9,15,18-19H,3,10H2,1-2H3. The lowest BCUT2D eigenvalue weighted by molar-refractivity contribution is 0.333. The summed E-state index contributed by atoms with van der Waals surface area (Å²) in [6.07, 6.45) is 0. The molecule has 1 heterocycles. The zero-order valence-corrected chi connectivity index (χ0v) is 12.2. The van der Waals surface area contributed by atoms with E-state index in [2.05, 4.69) is 11.4 Å². The molecule has 4 heteroatoms. The van der Waals surface area contributed by atoms with Gasteiger partial charge in [-0.2, -0.15) is 0 Å². The highest BCUT2D eigenvalue weighted by molar-refractivity contribution is 5.60. The highest BCUT2D eigenvalue weighted by Crippen LogP contribution is 2.38. The number of aryl methyl sites for hydroxylation is 1. The van der Waals surface area contributed by atoms with Crippen molar-refractivity contribution >= 4 is 5.69 Å². The summed E-state index contributed by atoms with van der Waals surface area (Å²) in [7, 11) is 0. The molecule has 0 spiro atoms. The Hall–Kier alpha value is -2.36. The number of fused-ring (bicyclic) bond motifs is 1. The lowest BCUT2D eigenvalue weighted by atomic mass is 10.1. The summed E-state index contributed by atoms with van der Waals surface area (Å²) >= 11 is 0. The topological polar surface area (TPSA) is 50.7 Å². The molecule has 2 aromatic rings. The van der Waals surface area contributed by atoms with Crippen molar-refractivity contribution in [2.45, 2.75) is 19.9 Å². The first-order chi connectivity index (χ1) is 10.2. The third kappa shape index (κ3) is 2.75. The maximum absolute atomic E-state index is 9.50. The van der Waals surface area contributed by atoms with E-state index in [0.717, 1.165) is 28.3 Å². The van der Waals surface area contributed by atoms with Crippen molar-refractivity contribution in [3.63, 3.8) is 0 Å². The molecule has 4 nitrogen and oxygen atoms in total. The van der Waals surface area contributed by atoms with Crippen LogP contribution in [-0.4, -0.2) is 18.3 Å². The summed E-state index contributed by atoms with van der Waals surface area (Å²) in [6, 6.07) is 11.4. The van der Waals surface area contributed by atoms with Gasteiger partial charge >= 0.3 is 0 Å². The largest absolute Gasteiger partial charge is 0.508 e. The minimum atomic E-state index is 0.0579. The Kier molecular flexibility index (Phi) is 3.60. The molecule has 1 aliphatic heterocycles. The number of phenols is 1. The van der Waals surface area contributed by atoms with Gasteiger partial charge in [0.25, 0.3) is 0 Å². The Bertz CT molecular complexity index is 654. The van der Waals surface area contributed by atoms with E-state index in [-0.39, 0.29) is 11.8 Å². The van der Waals surface area contributed by atoms with E-state index in [1.165, 1.54) is 0 Å². The Morgan fingerprint density at radius 3 is 2.95 bits per heavy atom. The van der Waals surface area contributed by atoms with E-state index < -0.39 is 0 Å². The van der Waals surface area contributed by atoms with Gasteiger partial charge in [0.05, 0.1) is 18.3 Å². The maximum Gasteiger partial charge on any atom is 0.142 e. The van der Waals surface area contributed by atoms with Crippen LogP contribution < -0.4 is 14.8 Å². The van der Waals surface area contributed by atoms with Gasteiger partial charge in [-0.1, -0.05) is 6.07 Å². The van der Waals surface area contributed by atoms with Gasteiger partial charge in [-0.25, -0.2) is 0 Å². The van der Waals surface area contributed by atoms with Gasteiger partial charge in [-0.15, -0.1) is 0 Å². The predicted octanol–water partition coefficient (Wildman–Crippen LogP) is 3.64. The highest BCUT2D eigenvalue weighted by Gasteiger charge is 2.25. The molecule has 1 unspecified atom stereocenters. The second kappa shape index (κ2) is 5.56. The fourth-order valence-electron chi connectivity index (χ4n) is 2.53. The summed E-state index contributed by atoms with van der Waals surface area (Å²) in [4.78, 5) is 0. The van der Waals surface area contributed by atoms with Crippen LogP contribution in [0, 0.1) is 6.92 Å². The zero-order valence-electron chi connectivity index (χ0n) is 12.2. The van der Waals surface area contributed by atoms with Crippen molar-refractivity contribution in [2.75, 3.05) is 18.5 Å². The van der Waals surface area contributed by atoms with E-state index in [1.54, 1.807) is 12.1 Å². The van der Waals surface area contributed by atoms with Gasteiger partial charge in [-0.05, 0) is 43.7 Å². The Morgan fingerprint density at radius 2 is 2.14 bits per heavy atom. The van der Waals surface area contributed by atoms with Crippen LogP contribution in [0.25, 0.3) is 0 Å². The number of rotatable bonds is 4. The third-order valence-corrected chi connectivity index (χ3v) is 3.54. The molecular formula is C17H19NO3. The fourth-order valence-corrected chi connectivity index (χ4v) is 2.53. The minimum absolute atomic E-state index is 0.0579. The SMILES string of the molecule is CCOc1cc(C)ccc1NC1COc2cc(O)ccc21. The number of hydrogen-bond donors (Lipinski definition) is 2. The molecule has 0 aliphatic carbocycles. The maximum atomic E-state index is 9.50. The zero-order chi connectivity index (χ0) is 14.8. The molecule has 0 aromatic heterocycles. The van der Waals surface area contributed by atoms with Gasteiger partial charge in [0.1, 0.15) is 23.9 Å². The summed E-state index contributed by atoms with van der Waals surface area (Å²) < 4.78 is 11.3. The number of ether oxygens (including phenoxy) is 2. The summed E-state index contributed by atoms with van der Waals surface area (Å²) in [5.41, 5.74) is 3.17. The third-order valence-electron chi connectivity index (χ3n) is 3.54. The van der Waals surface area contributed by atoms with Crippen LogP contribution in [-0.2, 0) is 0 Å². The predicted molar refractivity (Wildman–Crippen MR) is 82.3 cm³/mol. The summed E-state index contributed by atoms with van der Waals surface area (Å²) in [5, 5.41) is 13.0. The van der Waals surface area contributed by atoms with Crippen LogP contribution in [0.5, 0.6) is 17.2 Å². The molecular weight excluding hydrogens is 266 g/mol. The highest BCUT2D eigenvalue weighted by atomic mass is 16.5. The smallest absolute Gasteiger partial charge is 0.142 e. The number of aromatic hydroxyl groups is 1. The molecule has 0 radical (unpaired) electrons. The van der Waals surface area contributed by atoms with E-state index in [0.29, 0.717) is 13.2 Å². The lowest BCUT2D eigenvalue weighted by Gasteiger charge is -2.17. The van der Waals surface area contributed by atoms with Gasteiger partial charge < -0.3 is 19.9 Å². The molecule has 2 N–H and O–H groups in total. The summed E-state index contributed by atoms with van der Waals surface area (Å²) in [5.74, 6) is 1.81. The van der Waals surface area contributed by atoms with Crippen molar-refractivity contribution in [1.82, 2.24) is 0 Å². The van der Waals surface area contributed by atoms with E-state index in [9.17, 15) is 5.11 Å². The van der Waals surface area contributed by atoms with Crippen molar-refractivity contribution in [3.05, 3.63) is 47.5 Å². The molecule has 0 fully saturated rings. The minimum Gasteiger partial charge on any atom is -0.508 e. The van der Waals surface area contributed by atoms with E-state index >= 15 is 0 Å². The molecule has 1 aliphatic rings. The number of hydrogen-bond acceptors (Lipinski definition) is 4. The van der Waals surface area contributed by atoms with Crippen molar-refractivity contribution < 1.29 is 14.6 Å². The average Bonchev–Trinajstić information content (AvgIpc) is 2.84. The van der Waals surface area contributed by atoms with Crippen LogP contribution in [0.1, 0.15) is 24.1 Å².